The molecule has 0 aliphatic rings. The second-order valence-electron chi connectivity index (χ2n) is 6.08. The number of anilines is 1. The maximum atomic E-state index is 12.1. The quantitative estimate of drug-likeness (QED) is 0.254. The zero-order valence-corrected chi connectivity index (χ0v) is 20.5. The van der Waals surface area contributed by atoms with E-state index in [2.05, 4.69) is 31.6 Å². The average molecular weight is 577 g/mol. The summed E-state index contributed by atoms with van der Waals surface area (Å²) < 4.78 is 11.4. The summed E-state index contributed by atoms with van der Waals surface area (Å²) in [5, 5.41) is 5.83. The summed E-state index contributed by atoms with van der Waals surface area (Å²) in [5.74, 6) is 1.36. The van der Waals surface area contributed by atoms with Gasteiger partial charge < -0.3 is 25.8 Å². The summed E-state index contributed by atoms with van der Waals surface area (Å²) in [6.07, 6.45) is 0.722. The van der Waals surface area contributed by atoms with Crippen LogP contribution in [0.2, 0.25) is 0 Å². The van der Waals surface area contributed by atoms with Gasteiger partial charge in [-0.2, -0.15) is 0 Å². The van der Waals surface area contributed by atoms with Crippen LogP contribution in [-0.2, 0) is 11.2 Å². The standard InChI is InChI=1S/C20H25BrN4O3.HI/c1-13-4-6-15(21)11-16(13)25-19(26)12-24-20(22)23-9-8-14-5-7-17(27-2)18(10-14)28-3;/h4-7,10-11H,8-9,12H2,1-3H3,(H,25,26)(H3,22,23,24);1H. The highest BCUT2D eigenvalue weighted by Gasteiger charge is 2.06. The second-order valence-corrected chi connectivity index (χ2v) is 6.99. The van der Waals surface area contributed by atoms with Gasteiger partial charge in [-0.25, -0.2) is 4.99 Å². The van der Waals surface area contributed by atoms with Crippen molar-refractivity contribution < 1.29 is 14.3 Å². The van der Waals surface area contributed by atoms with Crippen molar-refractivity contribution in [1.82, 2.24) is 5.32 Å². The van der Waals surface area contributed by atoms with Crippen molar-refractivity contribution in [3.8, 4) is 11.5 Å². The number of methoxy groups -OCH3 is 2. The lowest BCUT2D eigenvalue weighted by Crippen LogP contribution is -2.34. The molecule has 0 spiro atoms. The summed E-state index contributed by atoms with van der Waals surface area (Å²) in [7, 11) is 3.20. The van der Waals surface area contributed by atoms with Crippen LogP contribution in [-0.4, -0.2) is 39.2 Å². The molecule has 4 N–H and O–H groups in total. The number of nitrogens with one attached hydrogen (secondary N) is 2. The molecule has 2 rings (SSSR count). The second kappa shape index (κ2) is 12.5. The maximum Gasteiger partial charge on any atom is 0.246 e. The van der Waals surface area contributed by atoms with E-state index in [1.165, 1.54) is 0 Å². The smallest absolute Gasteiger partial charge is 0.246 e. The average Bonchev–Trinajstić information content (AvgIpc) is 2.69. The van der Waals surface area contributed by atoms with Crippen molar-refractivity contribution in [2.45, 2.75) is 13.3 Å². The predicted molar refractivity (Wildman–Crippen MR) is 131 cm³/mol. The molecule has 0 fully saturated rings. The molecule has 0 aromatic heterocycles. The number of benzene rings is 2. The molecule has 0 aliphatic carbocycles. The Balaban J connectivity index is 0.00000420. The first-order chi connectivity index (χ1) is 13.4. The molecule has 0 radical (unpaired) electrons. The SMILES string of the molecule is COc1ccc(CCNC(N)=NCC(=O)Nc2cc(Br)ccc2C)cc1OC.I. The van der Waals surface area contributed by atoms with E-state index < -0.39 is 0 Å². The molecule has 2 aromatic rings. The van der Waals surface area contributed by atoms with Crippen LogP contribution in [0, 0.1) is 6.92 Å². The third kappa shape index (κ3) is 8.09. The fraction of sp³-hybridized carbons (Fsp3) is 0.300. The zero-order valence-electron chi connectivity index (χ0n) is 16.6. The molecular formula is C20H26BrIN4O3. The van der Waals surface area contributed by atoms with Gasteiger partial charge in [-0.3, -0.25) is 4.79 Å². The Morgan fingerprint density at radius 2 is 1.86 bits per heavy atom. The van der Waals surface area contributed by atoms with Gasteiger partial charge >= 0.3 is 0 Å². The summed E-state index contributed by atoms with van der Waals surface area (Å²) >= 11 is 3.39. The number of ether oxygens (including phenoxy) is 2. The Bertz CT molecular complexity index is 862. The monoisotopic (exact) mass is 576 g/mol. The van der Waals surface area contributed by atoms with Crippen LogP contribution in [0.1, 0.15) is 11.1 Å². The van der Waals surface area contributed by atoms with Gasteiger partial charge in [0, 0.05) is 16.7 Å². The van der Waals surface area contributed by atoms with Crippen molar-refractivity contribution in [2.24, 2.45) is 10.7 Å². The normalized spacial score (nSPS) is 10.7. The van der Waals surface area contributed by atoms with Crippen LogP contribution in [0.25, 0.3) is 0 Å². The highest BCUT2D eigenvalue weighted by Crippen LogP contribution is 2.27. The van der Waals surface area contributed by atoms with E-state index in [1.807, 2.05) is 43.3 Å². The molecule has 2 aromatic carbocycles. The Labute approximate surface area is 196 Å². The predicted octanol–water partition coefficient (Wildman–Crippen LogP) is 3.48. The minimum atomic E-state index is -0.231. The van der Waals surface area contributed by atoms with E-state index in [-0.39, 0.29) is 42.4 Å². The number of hydrogen-bond donors (Lipinski definition) is 3. The Morgan fingerprint density at radius 3 is 2.55 bits per heavy atom. The van der Waals surface area contributed by atoms with E-state index in [1.54, 1.807) is 14.2 Å². The molecule has 158 valence electrons. The van der Waals surface area contributed by atoms with Crippen LogP contribution in [0.4, 0.5) is 5.69 Å². The van der Waals surface area contributed by atoms with Gasteiger partial charge in [-0.15, -0.1) is 24.0 Å². The Morgan fingerprint density at radius 1 is 1.14 bits per heavy atom. The minimum absolute atomic E-state index is 0. The van der Waals surface area contributed by atoms with Gasteiger partial charge in [0.25, 0.3) is 0 Å². The van der Waals surface area contributed by atoms with Gasteiger partial charge in [0.2, 0.25) is 5.91 Å². The first-order valence-electron chi connectivity index (χ1n) is 8.73. The van der Waals surface area contributed by atoms with Crippen LogP contribution in [0.15, 0.2) is 45.9 Å². The number of nitrogens with zero attached hydrogens (tertiary/aromatic N) is 1. The number of nitrogens with two attached hydrogens (primary N) is 1. The Hall–Kier alpha value is -2.01. The summed E-state index contributed by atoms with van der Waals surface area (Å²) in [4.78, 5) is 16.1. The third-order valence-corrected chi connectivity index (χ3v) is 4.53. The number of amides is 1. The number of carbonyl (C=O) groups excluding carboxylic acids is 1. The fourth-order valence-corrected chi connectivity index (χ4v) is 2.86. The highest BCUT2D eigenvalue weighted by molar-refractivity contribution is 14.0. The lowest BCUT2D eigenvalue weighted by molar-refractivity contribution is -0.114. The Kier molecular flexibility index (Phi) is 10.8. The number of rotatable bonds is 8. The molecule has 0 aliphatic heterocycles. The molecule has 9 heteroatoms. The van der Waals surface area contributed by atoms with E-state index in [4.69, 9.17) is 15.2 Å². The van der Waals surface area contributed by atoms with Crippen molar-refractivity contribution >= 4 is 57.5 Å². The number of aryl methyl sites for hydroxylation is 1. The number of aliphatic imine (C=N–C) groups is 1. The van der Waals surface area contributed by atoms with E-state index in [0.717, 1.165) is 27.7 Å². The number of carbonyl (C=O) groups is 1. The van der Waals surface area contributed by atoms with Crippen LogP contribution in [0.3, 0.4) is 0 Å². The van der Waals surface area contributed by atoms with E-state index in [0.29, 0.717) is 18.0 Å². The summed E-state index contributed by atoms with van der Waals surface area (Å²) in [6.45, 7) is 2.45. The first kappa shape index (κ1) is 25.0. The lowest BCUT2D eigenvalue weighted by atomic mass is 10.1. The molecular weight excluding hydrogens is 551 g/mol. The molecule has 1 amide bonds. The maximum absolute atomic E-state index is 12.1. The van der Waals surface area contributed by atoms with Crippen LogP contribution >= 0.6 is 39.9 Å². The number of hydrogen-bond acceptors (Lipinski definition) is 4. The van der Waals surface area contributed by atoms with Gasteiger partial charge in [-0.1, -0.05) is 28.1 Å². The fourth-order valence-electron chi connectivity index (χ4n) is 2.50. The third-order valence-electron chi connectivity index (χ3n) is 4.03. The van der Waals surface area contributed by atoms with Crippen LogP contribution in [0.5, 0.6) is 11.5 Å². The van der Waals surface area contributed by atoms with Crippen molar-refractivity contribution in [2.75, 3.05) is 32.6 Å². The largest absolute Gasteiger partial charge is 0.493 e. The molecule has 29 heavy (non-hydrogen) atoms. The van der Waals surface area contributed by atoms with Gasteiger partial charge in [-0.05, 0) is 48.7 Å². The lowest BCUT2D eigenvalue weighted by Gasteiger charge is -2.10. The highest BCUT2D eigenvalue weighted by atomic mass is 127. The van der Waals surface area contributed by atoms with Crippen molar-refractivity contribution in [3.05, 3.63) is 52.0 Å². The van der Waals surface area contributed by atoms with E-state index in [9.17, 15) is 4.79 Å². The number of halogens is 2. The van der Waals surface area contributed by atoms with E-state index >= 15 is 0 Å². The minimum Gasteiger partial charge on any atom is -0.493 e. The molecule has 0 saturated carbocycles. The molecule has 0 bridgehead atoms. The van der Waals surface area contributed by atoms with Crippen molar-refractivity contribution in [1.29, 1.82) is 0 Å². The number of guanidine groups is 1. The topological polar surface area (TPSA) is 98.0 Å². The first-order valence-corrected chi connectivity index (χ1v) is 9.53. The summed E-state index contributed by atoms with van der Waals surface area (Å²) in [6, 6.07) is 11.4. The summed E-state index contributed by atoms with van der Waals surface area (Å²) in [5.41, 5.74) is 8.63. The molecule has 7 nitrogen and oxygen atoms in total. The molecule has 0 heterocycles. The molecule has 0 atom stereocenters. The van der Waals surface area contributed by atoms with Gasteiger partial charge in [0.05, 0.1) is 14.2 Å². The van der Waals surface area contributed by atoms with Crippen LogP contribution < -0.4 is 25.8 Å². The van der Waals surface area contributed by atoms with Gasteiger partial charge in [0.1, 0.15) is 6.54 Å². The van der Waals surface area contributed by atoms with Crippen molar-refractivity contribution in [3.63, 3.8) is 0 Å². The van der Waals surface area contributed by atoms with Gasteiger partial charge in [0.15, 0.2) is 17.5 Å². The molecule has 0 saturated heterocycles. The molecule has 0 unspecified atom stereocenters. The zero-order chi connectivity index (χ0) is 20.5.